The van der Waals surface area contributed by atoms with Gasteiger partial charge in [0.2, 0.25) is 0 Å². The molecule has 0 bridgehead atoms. The Hall–Kier alpha value is -0.370. The Morgan fingerprint density at radius 3 is 3.19 bits per heavy atom. The van der Waals surface area contributed by atoms with Gasteiger partial charge < -0.3 is 5.32 Å². The summed E-state index contributed by atoms with van der Waals surface area (Å²) in [6, 6.07) is -0.204. The van der Waals surface area contributed by atoms with Crippen LogP contribution in [0.2, 0.25) is 0 Å². The van der Waals surface area contributed by atoms with E-state index in [4.69, 9.17) is 11.6 Å². The number of H-pyrrole nitrogens is 1. The number of aromatic amines is 1. The fourth-order valence-corrected chi connectivity index (χ4v) is 2.63. The molecule has 2 unspecified atom stereocenters. The first-order chi connectivity index (χ1) is 7.59. The van der Waals surface area contributed by atoms with Crippen molar-refractivity contribution in [3.05, 3.63) is 15.0 Å². The first-order valence-corrected chi connectivity index (χ1v) is 6.42. The maximum absolute atomic E-state index is 12.6. The van der Waals surface area contributed by atoms with E-state index < -0.39 is 11.5 Å². The normalized spacial score (nSPS) is 21.3. The molecule has 1 amide bonds. The molecule has 7 heteroatoms. The molecule has 0 aliphatic heterocycles. The van der Waals surface area contributed by atoms with Crippen LogP contribution < -0.4 is 5.32 Å². The van der Waals surface area contributed by atoms with Crippen LogP contribution in [0.25, 0.3) is 0 Å². The Balaban J connectivity index is 2.16. The van der Waals surface area contributed by atoms with Crippen molar-refractivity contribution in [1.29, 1.82) is 0 Å². The van der Waals surface area contributed by atoms with E-state index in [0.29, 0.717) is 0 Å². The second-order valence-corrected chi connectivity index (χ2v) is 5.07. The molecule has 0 spiro atoms. The van der Waals surface area contributed by atoms with Gasteiger partial charge in [0.25, 0.3) is 11.5 Å². The number of hydrogen-bond acceptors (Lipinski definition) is 2. The molecule has 0 aromatic carbocycles. The average molecular weight is 358 g/mol. The second kappa shape index (κ2) is 4.87. The number of rotatable bonds is 2. The average Bonchev–Trinajstić information content (AvgIpc) is 2.62. The lowest BCUT2D eigenvalue weighted by Gasteiger charge is -2.23. The molecule has 4 nitrogen and oxygen atoms in total. The lowest BCUT2D eigenvalue weighted by atomic mass is 9.94. The molecular formula is C9H10ClFIN3O. The molecule has 0 saturated carbocycles. The molecule has 88 valence electrons. The number of alkyl halides is 2. The van der Waals surface area contributed by atoms with Crippen LogP contribution in [-0.4, -0.2) is 21.7 Å². The third-order valence-corrected chi connectivity index (χ3v) is 3.72. The number of nitrogens with zero attached hydrogens (tertiary/aromatic N) is 1. The minimum atomic E-state index is -1.99. The molecule has 0 fully saturated rings. The number of carbonyl (C=O) groups excluding carboxylic acids is 1. The summed E-state index contributed by atoms with van der Waals surface area (Å²) in [4.78, 5) is 11.2. The Bertz CT molecular complexity index is 409. The zero-order chi connectivity index (χ0) is 11.7. The zero-order valence-corrected chi connectivity index (χ0v) is 11.2. The monoisotopic (exact) mass is 357 g/mol. The fourth-order valence-electron chi connectivity index (χ4n) is 1.89. The van der Waals surface area contributed by atoms with Gasteiger partial charge in [0.15, 0.2) is 0 Å². The SMILES string of the molecule is O=C(NC1CCCc2c(I)n[nH]c21)C(F)Cl. The minimum Gasteiger partial charge on any atom is -0.344 e. The van der Waals surface area contributed by atoms with Crippen molar-refractivity contribution in [3.63, 3.8) is 0 Å². The largest absolute Gasteiger partial charge is 0.344 e. The van der Waals surface area contributed by atoms with Crippen LogP contribution in [0.3, 0.4) is 0 Å². The molecule has 0 radical (unpaired) electrons. The minimum absolute atomic E-state index is 0.204. The zero-order valence-electron chi connectivity index (χ0n) is 8.27. The van der Waals surface area contributed by atoms with Crippen molar-refractivity contribution in [2.45, 2.75) is 30.9 Å². The second-order valence-electron chi connectivity index (χ2n) is 3.66. The van der Waals surface area contributed by atoms with Gasteiger partial charge in [-0.15, -0.1) is 0 Å². The van der Waals surface area contributed by atoms with Gasteiger partial charge in [-0.2, -0.15) is 5.10 Å². The van der Waals surface area contributed by atoms with Gasteiger partial charge in [-0.25, -0.2) is 4.39 Å². The lowest BCUT2D eigenvalue weighted by molar-refractivity contribution is -0.124. The van der Waals surface area contributed by atoms with E-state index in [2.05, 4.69) is 38.1 Å². The third-order valence-electron chi connectivity index (χ3n) is 2.63. The summed E-state index contributed by atoms with van der Waals surface area (Å²) in [5.41, 5.74) is -0.00387. The van der Waals surface area contributed by atoms with Gasteiger partial charge in [-0.05, 0) is 41.9 Å². The number of halogens is 3. The molecule has 1 aromatic heterocycles. The molecular weight excluding hydrogens is 347 g/mol. The molecule has 2 rings (SSSR count). The molecule has 2 N–H and O–H groups in total. The molecule has 16 heavy (non-hydrogen) atoms. The summed E-state index contributed by atoms with van der Waals surface area (Å²) in [6.45, 7) is 0. The summed E-state index contributed by atoms with van der Waals surface area (Å²) in [5, 5.41) is 9.53. The van der Waals surface area contributed by atoms with Crippen LogP contribution in [0.15, 0.2) is 0 Å². The van der Waals surface area contributed by atoms with E-state index in [-0.39, 0.29) is 6.04 Å². The van der Waals surface area contributed by atoms with Crippen molar-refractivity contribution < 1.29 is 9.18 Å². The summed E-state index contributed by atoms with van der Waals surface area (Å²) in [5.74, 6) is -0.788. The Labute approximate surface area is 110 Å². The number of amides is 1. The molecule has 1 aliphatic carbocycles. The van der Waals surface area contributed by atoms with E-state index in [1.165, 1.54) is 0 Å². The smallest absolute Gasteiger partial charge is 0.270 e. The number of nitrogens with one attached hydrogen (secondary N) is 2. The first-order valence-electron chi connectivity index (χ1n) is 4.90. The van der Waals surface area contributed by atoms with Crippen LogP contribution in [0.4, 0.5) is 4.39 Å². The van der Waals surface area contributed by atoms with Crippen molar-refractivity contribution >= 4 is 40.1 Å². The van der Waals surface area contributed by atoms with Crippen molar-refractivity contribution in [1.82, 2.24) is 15.5 Å². The lowest BCUT2D eigenvalue weighted by Crippen LogP contribution is -2.34. The van der Waals surface area contributed by atoms with Gasteiger partial charge in [0.1, 0.15) is 3.70 Å². The molecule has 1 aromatic rings. The number of aromatic nitrogens is 2. The van der Waals surface area contributed by atoms with E-state index in [1.807, 2.05) is 0 Å². The molecule has 2 atom stereocenters. The van der Waals surface area contributed by atoms with Gasteiger partial charge in [-0.1, -0.05) is 11.6 Å². The third kappa shape index (κ3) is 2.32. The van der Waals surface area contributed by atoms with Crippen molar-refractivity contribution in [2.24, 2.45) is 0 Å². The molecule has 1 aliphatic rings. The Morgan fingerprint density at radius 2 is 2.50 bits per heavy atom. The van der Waals surface area contributed by atoms with Crippen LogP contribution >= 0.6 is 34.2 Å². The quantitative estimate of drug-likeness (QED) is 0.629. The maximum atomic E-state index is 12.6. The van der Waals surface area contributed by atoms with Gasteiger partial charge in [-0.3, -0.25) is 9.89 Å². The molecule has 0 saturated heterocycles. The van der Waals surface area contributed by atoms with E-state index in [9.17, 15) is 9.18 Å². The first kappa shape index (κ1) is 12.1. The highest BCUT2D eigenvalue weighted by atomic mass is 127. The van der Waals surface area contributed by atoms with Crippen LogP contribution in [0.1, 0.15) is 30.1 Å². The number of fused-ring (bicyclic) bond motifs is 1. The highest BCUT2D eigenvalue weighted by Crippen LogP contribution is 2.30. The summed E-state index contributed by atoms with van der Waals surface area (Å²) in [6.07, 6.45) is 2.67. The number of carbonyl (C=O) groups is 1. The maximum Gasteiger partial charge on any atom is 0.270 e. The van der Waals surface area contributed by atoms with Crippen LogP contribution in [0.5, 0.6) is 0 Å². The highest BCUT2D eigenvalue weighted by Gasteiger charge is 2.27. The predicted octanol–water partition coefficient (Wildman–Crippen LogP) is 2.04. The predicted molar refractivity (Wildman–Crippen MR) is 65.9 cm³/mol. The summed E-state index contributed by atoms with van der Waals surface area (Å²) < 4.78 is 13.5. The van der Waals surface area contributed by atoms with Gasteiger partial charge in [0, 0.05) is 5.56 Å². The van der Waals surface area contributed by atoms with Crippen molar-refractivity contribution in [3.8, 4) is 0 Å². The Kier molecular flexibility index (Phi) is 3.68. The molecule has 1 heterocycles. The highest BCUT2D eigenvalue weighted by molar-refractivity contribution is 14.1. The fraction of sp³-hybridized carbons (Fsp3) is 0.556. The van der Waals surface area contributed by atoms with E-state index >= 15 is 0 Å². The topological polar surface area (TPSA) is 57.8 Å². The van der Waals surface area contributed by atoms with Crippen LogP contribution in [-0.2, 0) is 11.2 Å². The van der Waals surface area contributed by atoms with Gasteiger partial charge in [0.05, 0.1) is 11.7 Å². The van der Waals surface area contributed by atoms with Gasteiger partial charge >= 0.3 is 0 Å². The Morgan fingerprint density at radius 1 is 1.75 bits per heavy atom. The number of hydrogen-bond donors (Lipinski definition) is 2. The van der Waals surface area contributed by atoms with E-state index in [0.717, 1.165) is 34.2 Å². The van der Waals surface area contributed by atoms with E-state index in [1.54, 1.807) is 0 Å². The van der Waals surface area contributed by atoms with Crippen molar-refractivity contribution in [2.75, 3.05) is 0 Å². The van der Waals surface area contributed by atoms with Crippen LogP contribution in [0, 0.1) is 3.70 Å². The standard InChI is InChI=1S/C9H10ClFIN3O/c10-7(11)9(16)13-5-3-1-2-4-6(5)14-15-8(4)12/h5,7H,1-3H2,(H,13,16)(H,14,15). The summed E-state index contributed by atoms with van der Waals surface area (Å²) in [7, 11) is 0. The summed E-state index contributed by atoms with van der Waals surface area (Å²) >= 11 is 7.21.